The molecule has 0 aromatic heterocycles. The topological polar surface area (TPSA) is 73.9 Å². The summed E-state index contributed by atoms with van der Waals surface area (Å²) >= 11 is 5.93. The Labute approximate surface area is 169 Å². The third-order valence-electron chi connectivity index (χ3n) is 3.77. The highest BCUT2D eigenvalue weighted by Crippen LogP contribution is 2.28. The number of rotatable bonds is 10. The third-order valence-corrected chi connectivity index (χ3v) is 4.10. The van der Waals surface area contributed by atoms with E-state index in [9.17, 15) is 9.59 Å². The molecule has 0 aliphatic carbocycles. The Morgan fingerprint density at radius 3 is 2.43 bits per heavy atom. The van der Waals surface area contributed by atoms with Gasteiger partial charge in [0.1, 0.15) is 0 Å². The molecule has 0 bridgehead atoms. The molecular weight excluding hydrogens is 382 g/mol. The fraction of sp³-hybridized carbons (Fsp3) is 0.333. The molecule has 0 saturated heterocycles. The van der Waals surface area contributed by atoms with Crippen LogP contribution in [0.2, 0.25) is 5.02 Å². The molecule has 0 fully saturated rings. The minimum Gasteiger partial charge on any atom is -0.490 e. The van der Waals surface area contributed by atoms with E-state index in [0.29, 0.717) is 37.7 Å². The number of carbonyl (C=O) groups is 2. The second-order valence-corrected chi connectivity index (χ2v) is 6.21. The van der Waals surface area contributed by atoms with E-state index in [0.717, 1.165) is 5.56 Å². The molecule has 0 spiro atoms. The van der Waals surface area contributed by atoms with E-state index < -0.39 is 5.97 Å². The summed E-state index contributed by atoms with van der Waals surface area (Å²) in [6.07, 6.45) is 0.608. The molecule has 0 aliphatic heterocycles. The summed E-state index contributed by atoms with van der Waals surface area (Å²) in [6, 6.07) is 12.2. The van der Waals surface area contributed by atoms with Crippen molar-refractivity contribution < 1.29 is 23.8 Å². The van der Waals surface area contributed by atoms with Gasteiger partial charge in [-0.25, -0.2) is 4.79 Å². The zero-order valence-electron chi connectivity index (χ0n) is 16.0. The molecule has 1 N–H and O–H groups in total. The minimum absolute atomic E-state index is 0.231. The van der Waals surface area contributed by atoms with Crippen LogP contribution in [-0.4, -0.2) is 38.2 Å². The first kappa shape index (κ1) is 21.6. The summed E-state index contributed by atoms with van der Waals surface area (Å²) in [4.78, 5) is 23.8. The van der Waals surface area contributed by atoms with Gasteiger partial charge in [0.25, 0.3) is 5.91 Å². The summed E-state index contributed by atoms with van der Waals surface area (Å²) < 4.78 is 16.1. The highest BCUT2D eigenvalue weighted by molar-refractivity contribution is 6.33. The first-order valence-corrected chi connectivity index (χ1v) is 9.49. The monoisotopic (exact) mass is 405 g/mol. The van der Waals surface area contributed by atoms with Crippen molar-refractivity contribution in [1.29, 1.82) is 0 Å². The summed E-state index contributed by atoms with van der Waals surface area (Å²) in [6.45, 7) is 4.96. The number of nitrogens with one attached hydrogen (secondary N) is 1. The Morgan fingerprint density at radius 2 is 1.71 bits per heavy atom. The van der Waals surface area contributed by atoms with Crippen LogP contribution in [0.5, 0.6) is 11.5 Å². The van der Waals surface area contributed by atoms with Crippen LogP contribution in [0.3, 0.4) is 0 Å². The maximum absolute atomic E-state index is 11.9. The van der Waals surface area contributed by atoms with Crippen LogP contribution in [0.1, 0.15) is 29.8 Å². The quantitative estimate of drug-likeness (QED) is 0.611. The van der Waals surface area contributed by atoms with Crippen molar-refractivity contribution in [2.75, 3.05) is 26.4 Å². The predicted molar refractivity (Wildman–Crippen MR) is 107 cm³/mol. The molecule has 0 unspecified atom stereocenters. The van der Waals surface area contributed by atoms with Gasteiger partial charge in [0.15, 0.2) is 18.1 Å². The number of esters is 1. The van der Waals surface area contributed by atoms with Gasteiger partial charge in [-0.2, -0.15) is 0 Å². The zero-order chi connectivity index (χ0) is 20.4. The van der Waals surface area contributed by atoms with Crippen molar-refractivity contribution in [2.45, 2.75) is 20.3 Å². The molecule has 0 radical (unpaired) electrons. The highest BCUT2D eigenvalue weighted by atomic mass is 35.5. The fourth-order valence-electron chi connectivity index (χ4n) is 2.48. The minimum atomic E-state index is -0.631. The number of halogens is 1. The molecule has 6 nitrogen and oxygen atoms in total. The smallest absolute Gasteiger partial charge is 0.340 e. The van der Waals surface area contributed by atoms with Crippen LogP contribution in [0, 0.1) is 0 Å². The molecular formula is C21H24ClNO5. The van der Waals surface area contributed by atoms with E-state index >= 15 is 0 Å². The van der Waals surface area contributed by atoms with Crippen molar-refractivity contribution in [3.05, 3.63) is 58.6 Å². The van der Waals surface area contributed by atoms with Crippen LogP contribution in [0.25, 0.3) is 0 Å². The molecule has 150 valence electrons. The van der Waals surface area contributed by atoms with Gasteiger partial charge >= 0.3 is 5.97 Å². The Hall–Kier alpha value is -2.73. The number of amides is 1. The highest BCUT2D eigenvalue weighted by Gasteiger charge is 2.13. The lowest BCUT2D eigenvalue weighted by molar-refractivity contribution is -0.124. The average molecular weight is 406 g/mol. The average Bonchev–Trinajstić information content (AvgIpc) is 2.69. The van der Waals surface area contributed by atoms with Gasteiger partial charge in [0.05, 0.1) is 23.8 Å². The lowest BCUT2D eigenvalue weighted by Crippen LogP contribution is -2.30. The van der Waals surface area contributed by atoms with Crippen LogP contribution in [-0.2, 0) is 16.0 Å². The molecule has 2 rings (SSSR count). The maximum Gasteiger partial charge on any atom is 0.340 e. The Kier molecular flexibility index (Phi) is 8.62. The van der Waals surface area contributed by atoms with Crippen LogP contribution >= 0.6 is 11.6 Å². The first-order chi connectivity index (χ1) is 13.5. The summed E-state index contributed by atoms with van der Waals surface area (Å²) in [5, 5.41) is 3.01. The number of hydrogen-bond acceptors (Lipinski definition) is 5. The van der Waals surface area contributed by atoms with Crippen molar-refractivity contribution in [1.82, 2.24) is 5.32 Å². The van der Waals surface area contributed by atoms with Crippen molar-refractivity contribution in [2.24, 2.45) is 0 Å². The SMILES string of the molecule is CCOc1ccc(CCNC(=O)COC(=O)c2ccccc2Cl)cc1OCC. The molecule has 2 aromatic carbocycles. The van der Waals surface area contributed by atoms with Gasteiger partial charge in [-0.15, -0.1) is 0 Å². The number of benzene rings is 2. The number of hydrogen-bond donors (Lipinski definition) is 1. The van der Waals surface area contributed by atoms with Crippen LogP contribution in [0.15, 0.2) is 42.5 Å². The molecule has 2 aromatic rings. The molecule has 0 saturated carbocycles. The van der Waals surface area contributed by atoms with Crippen molar-refractivity contribution in [3.63, 3.8) is 0 Å². The van der Waals surface area contributed by atoms with Gasteiger partial charge in [0, 0.05) is 6.54 Å². The molecule has 0 atom stereocenters. The van der Waals surface area contributed by atoms with E-state index in [2.05, 4.69) is 5.32 Å². The Bertz CT molecular complexity index is 809. The lowest BCUT2D eigenvalue weighted by atomic mass is 10.1. The molecule has 0 heterocycles. The zero-order valence-corrected chi connectivity index (χ0v) is 16.8. The Morgan fingerprint density at radius 1 is 1.00 bits per heavy atom. The van der Waals surface area contributed by atoms with E-state index in [4.69, 9.17) is 25.8 Å². The van der Waals surface area contributed by atoms with E-state index in [-0.39, 0.29) is 23.1 Å². The normalized spacial score (nSPS) is 10.2. The standard InChI is InChI=1S/C21H24ClNO5/c1-3-26-18-10-9-15(13-19(18)27-4-2)11-12-23-20(24)14-28-21(25)16-7-5-6-8-17(16)22/h5-10,13H,3-4,11-12,14H2,1-2H3,(H,23,24). The van der Waals surface area contributed by atoms with E-state index in [1.54, 1.807) is 24.3 Å². The summed E-state index contributed by atoms with van der Waals surface area (Å²) in [5.74, 6) is 0.371. The largest absolute Gasteiger partial charge is 0.490 e. The van der Waals surface area contributed by atoms with E-state index in [1.165, 1.54) is 0 Å². The van der Waals surface area contributed by atoms with Crippen LogP contribution in [0.4, 0.5) is 0 Å². The molecule has 1 amide bonds. The number of ether oxygens (including phenoxy) is 3. The first-order valence-electron chi connectivity index (χ1n) is 9.12. The van der Waals surface area contributed by atoms with Gasteiger partial charge in [-0.05, 0) is 50.1 Å². The second kappa shape index (κ2) is 11.2. The summed E-state index contributed by atoms with van der Waals surface area (Å²) in [5.41, 5.74) is 1.23. The van der Waals surface area contributed by atoms with Crippen molar-refractivity contribution >= 4 is 23.5 Å². The number of carbonyl (C=O) groups excluding carboxylic acids is 2. The van der Waals surface area contributed by atoms with Gasteiger partial charge < -0.3 is 19.5 Å². The van der Waals surface area contributed by atoms with E-state index in [1.807, 2.05) is 32.0 Å². The molecule has 28 heavy (non-hydrogen) atoms. The Balaban J connectivity index is 1.79. The molecule has 7 heteroatoms. The second-order valence-electron chi connectivity index (χ2n) is 5.80. The maximum atomic E-state index is 11.9. The lowest BCUT2D eigenvalue weighted by Gasteiger charge is -2.12. The fourth-order valence-corrected chi connectivity index (χ4v) is 2.70. The van der Waals surface area contributed by atoms with Crippen LogP contribution < -0.4 is 14.8 Å². The molecule has 0 aliphatic rings. The predicted octanol–water partition coefficient (Wildman–Crippen LogP) is 3.65. The third kappa shape index (κ3) is 6.46. The summed E-state index contributed by atoms with van der Waals surface area (Å²) in [7, 11) is 0. The van der Waals surface area contributed by atoms with Gasteiger partial charge in [-0.3, -0.25) is 4.79 Å². The van der Waals surface area contributed by atoms with Crippen molar-refractivity contribution in [3.8, 4) is 11.5 Å². The van der Waals surface area contributed by atoms with Gasteiger partial charge in [-0.1, -0.05) is 29.8 Å². The van der Waals surface area contributed by atoms with Gasteiger partial charge in [0.2, 0.25) is 0 Å².